The standard InChI is InChI=1S/C29H38N2O5/c1-4-28(32)30-18-10-20-31-19-9-8-13-24(31)29(33)36-25(23-11-6-5-7-12-23)16-14-22-15-17-26(34-2)27(21-22)35-3/h4-7,11-12,15,17,21,24-25H,1,8-10,13-14,16,18-20H2,2-3H3,(H,30,32)/t24-,25+/m0/s1. The molecule has 194 valence electrons. The predicted octanol–water partition coefficient (Wildman–Crippen LogP) is 4.47. The fraction of sp³-hybridized carbons (Fsp3) is 0.448. The zero-order valence-electron chi connectivity index (χ0n) is 21.4. The molecular formula is C29H38N2O5. The van der Waals surface area contributed by atoms with Gasteiger partial charge in [-0.3, -0.25) is 14.5 Å². The number of esters is 1. The van der Waals surface area contributed by atoms with Crippen LogP contribution >= 0.6 is 0 Å². The van der Waals surface area contributed by atoms with E-state index >= 15 is 0 Å². The van der Waals surface area contributed by atoms with Crippen molar-refractivity contribution < 1.29 is 23.8 Å². The van der Waals surface area contributed by atoms with Gasteiger partial charge in [0.25, 0.3) is 0 Å². The van der Waals surface area contributed by atoms with E-state index in [4.69, 9.17) is 14.2 Å². The first-order valence-electron chi connectivity index (χ1n) is 12.7. The molecule has 1 saturated heterocycles. The van der Waals surface area contributed by atoms with Gasteiger partial charge in [-0.15, -0.1) is 0 Å². The molecule has 2 aromatic rings. The topological polar surface area (TPSA) is 77.1 Å². The Balaban J connectivity index is 1.65. The summed E-state index contributed by atoms with van der Waals surface area (Å²) in [6, 6.07) is 15.5. The third-order valence-electron chi connectivity index (χ3n) is 6.57. The minimum Gasteiger partial charge on any atom is -0.493 e. The van der Waals surface area contributed by atoms with Crippen LogP contribution in [0, 0.1) is 0 Å². The van der Waals surface area contributed by atoms with Crippen LogP contribution in [0.1, 0.15) is 49.3 Å². The summed E-state index contributed by atoms with van der Waals surface area (Å²) in [5, 5.41) is 2.80. The van der Waals surface area contributed by atoms with Gasteiger partial charge in [-0.2, -0.15) is 0 Å². The Labute approximate surface area is 214 Å². The molecule has 0 aromatic heterocycles. The zero-order chi connectivity index (χ0) is 25.8. The van der Waals surface area contributed by atoms with E-state index in [1.807, 2.05) is 48.5 Å². The molecule has 7 heteroatoms. The molecule has 1 aliphatic heterocycles. The molecular weight excluding hydrogens is 456 g/mol. The lowest BCUT2D eigenvalue weighted by Crippen LogP contribution is -2.46. The van der Waals surface area contributed by atoms with Crippen LogP contribution in [0.2, 0.25) is 0 Å². The quantitative estimate of drug-likeness (QED) is 0.252. The van der Waals surface area contributed by atoms with Crippen LogP contribution in [0.4, 0.5) is 0 Å². The molecule has 0 radical (unpaired) electrons. The van der Waals surface area contributed by atoms with Crippen LogP contribution in [0.3, 0.4) is 0 Å². The van der Waals surface area contributed by atoms with Crippen LogP contribution in [-0.2, 0) is 20.7 Å². The Morgan fingerprint density at radius 2 is 1.89 bits per heavy atom. The van der Waals surface area contributed by atoms with E-state index in [2.05, 4.69) is 16.8 Å². The van der Waals surface area contributed by atoms with Gasteiger partial charge in [0.1, 0.15) is 12.1 Å². The summed E-state index contributed by atoms with van der Waals surface area (Å²) in [5.74, 6) is 1.02. The number of methoxy groups -OCH3 is 2. The van der Waals surface area contributed by atoms with Gasteiger partial charge in [0.15, 0.2) is 11.5 Å². The van der Waals surface area contributed by atoms with E-state index < -0.39 is 0 Å². The number of benzene rings is 2. The molecule has 1 N–H and O–H groups in total. The summed E-state index contributed by atoms with van der Waals surface area (Å²) in [6.45, 7) is 5.62. The van der Waals surface area contributed by atoms with E-state index in [0.717, 1.165) is 56.3 Å². The van der Waals surface area contributed by atoms with Gasteiger partial charge in [-0.25, -0.2) is 0 Å². The largest absolute Gasteiger partial charge is 0.493 e. The van der Waals surface area contributed by atoms with Crippen LogP contribution in [0.25, 0.3) is 0 Å². The molecule has 36 heavy (non-hydrogen) atoms. The van der Waals surface area contributed by atoms with Crippen molar-refractivity contribution in [3.05, 3.63) is 72.3 Å². The zero-order valence-corrected chi connectivity index (χ0v) is 21.4. The van der Waals surface area contributed by atoms with Crippen LogP contribution < -0.4 is 14.8 Å². The molecule has 2 aromatic carbocycles. The number of nitrogens with zero attached hydrogens (tertiary/aromatic N) is 1. The minimum absolute atomic E-state index is 0.175. The second-order valence-electron chi connectivity index (χ2n) is 8.96. The number of hydrogen-bond donors (Lipinski definition) is 1. The first-order valence-corrected chi connectivity index (χ1v) is 12.7. The number of nitrogens with one attached hydrogen (secondary N) is 1. The van der Waals surface area contributed by atoms with E-state index in [0.29, 0.717) is 24.5 Å². The van der Waals surface area contributed by atoms with E-state index in [9.17, 15) is 9.59 Å². The fourth-order valence-electron chi connectivity index (χ4n) is 4.61. The lowest BCUT2D eigenvalue weighted by molar-refractivity contribution is -0.157. The predicted molar refractivity (Wildman–Crippen MR) is 140 cm³/mol. The van der Waals surface area contributed by atoms with E-state index in [1.165, 1.54) is 6.08 Å². The van der Waals surface area contributed by atoms with Crippen LogP contribution in [-0.4, -0.2) is 56.7 Å². The number of hydrogen-bond acceptors (Lipinski definition) is 6. The minimum atomic E-state index is -0.345. The van der Waals surface area contributed by atoms with Crippen molar-refractivity contribution in [3.63, 3.8) is 0 Å². The first kappa shape index (κ1) is 27.3. The third-order valence-corrected chi connectivity index (χ3v) is 6.57. The van der Waals surface area contributed by atoms with Crippen molar-refractivity contribution in [3.8, 4) is 11.5 Å². The number of ether oxygens (including phenoxy) is 3. The summed E-state index contributed by atoms with van der Waals surface area (Å²) in [5.41, 5.74) is 2.08. The van der Waals surface area contributed by atoms with Gasteiger partial charge in [0.05, 0.1) is 14.2 Å². The average Bonchev–Trinajstić information content (AvgIpc) is 2.93. The van der Waals surface area contributed by atoms with E-state index in [-0.39, 0.29) is 24.0 Å². The van der Waals surface area contributed by atoms with Gasteiger partial charge >= 0.3 is 5.97 Å². The van der Waals surface area contributed by atoms with E-state index in [1.54, 1.807) is 14.2 Å². The summed E-state index contributed by atoms with van der Waals surface area (Å²) in [4.78, 5) is 27.0. The Hall–Kier alpha value is -3.32. The van der Waals surface area contributed by atoms with Crippen molar-refractivity contribution in [1.29, 1.82) is 0 Å². The van der Waals surface area contributed by atoms with Gasteiger partial charge in [-0.05, 0) is 68.0 Å². The second kappa shape index (κ2) is 14.3. The number of carbonyl (C=O) groups is 2. The number of amides is 1. The maximum Gasteiger partial charge on any atom is 0.323 e. The highest BCUT2D eigenvalue weighted by atomic mass is 16.5. The maximum atomic E-state index is 13.4. The molecule has 1 heterocycles. The third kappa shape index (κ3) is 7.85. The number of aryl methyl sites for hydroxylation is 1. The smallest absolute Gasteiger partial charge is 0.323 e. The van der Waals surface area contributed by atoms with Gasteiger partial charge in [0.2, 0.25) is 5.91 Å². The Kier molecular flexibility index (Phi) is 10.8. The molecule has 7 nitrogen and oxygen atoms in total. The molecule has 0 saturated carbocycles. The van der Waals surface area contributed by atoms with Crippen LogP contribution in [0.5, 0.6) is 11.5 Å². The fourth-order valence-corrected chi connectivity index (χ4v) is 4.61. The highest BCUT2D eigenvalue weighted by molar-refractivity contribution is 5.86. The number of likely N-dealkylation sites (tertiary alicyclic amines) is 1. The Morgan fingerprint density at radius 3 is 2.61 bits per heavy atom. The molecule has 3 rings (SSSR count). The monoisotopic (exact) mass is 494 g/mol. The first-order chi connectivity index (χ1) is 17.5. The molecule has 0 bridgehead atoms. The number of piperidine rings is 1. The highest BCUT2D eigenvalue weighted by Crippen LogP contribution is 2.31. The molecule has 2 atom stereocenters. The summed E-state index contributed by atoms with van der Waals surface area (Å²) < 4.78 is 17.0. The van der Waals surface area contributed by atoms with Crippen molar-refractivity contribution in [2.45, 2.75) is 50.7 Å². The molecule has 0 spiro atoms. The van der Waals surface area contributed by atoms with Gasteiger partial charge in [-0.1, -0.05) is 49.4 Å². The normalized spacial score (nSPS) is 16.6. The van der Waals surface area contributed by atoms with Crippen molar-refractivity contribution in [2.75, 3.05) is 33.9 Å². The second-order valence-corrected chi connectivity index (χ2v) is 8.96. The summed E-state index contributed by atoms with van der Waals surface area (Å²) in [7, 11) is 3.24. The van der Waals surface area contributed by atoms with Gasteiger partial charge in [0, 0.05) is 13.1 Å². The molecule has 1 amide bonds. The highest BCUT2D eigenvalue weighted by Gasteiger charge is 2.31. The molecule has 0 aliphatic carbocycles. The molecule has 1 aliphatic rings. The van der Waals surface area contributed by atoms with Crippen molar-refractivity contribution >= 4 is 11.9 Å². The lowest BCUT2D eigenvalue weighted by Gasteiger charge is -2.35. The van der Waals surface area contributed by atoms with Crippen LogP contribution in [0.15, 0.2) is 61.2 Å². The summed E-state index contributed by atoms with van der Waals surface area (Å²) in [6.07, 6.45) is 5.93. The van der Waals surface area contributed by atoms with Crippen molar-refractivity contribution in [1.82, 2.24) is 10.2 Å². The lowest BCUT2D eigenvalue weighted by atomic mass is 9.99. The summed E-state index contributed by atoms with van der Waals surface area (Å²) >= 11 is 0. The number of rotatable bonds is 13. The molecule has 1 fully saturated rings. The Bertz CT molecular complexity index is 994. The Morgan fingerprint density at radius 1 is 1.11 bits per heavy atom. The average molecular weight is 495 g/mol. The van der Waals surface area contributed by atoms with Crippen molar-refractivity contribution in [2.24, 2.45) is 0 Å². The number of carbonyl (C=O) groups excluding carboxylic acids is 2. The maximum absolute atomic E-state index is 13.4. The SMILES string of the molecule is C=CC(=O)NCCCN1CCCC[C@H]1C(=O)O[C@H](CCc1ccc(OC)c(OC)c1)c1ccccc1. The molecule has 0 unspecified atom stereocenters. The van der Waals surface area contributed by atoms with Gasteiger partial charge < -0.3 is 19.5 Å².